The molecule has 158 valence electrons. The van der Waals surface area contributed by atoms with E-state index in [-0.39, 0.29) is 0 Å². The van der Waals surface area contributed by atoms with Crippen LogP contribution >= 0.6 is 0 Å². The lowest BCUT2D eigenvalue weighted by Crippen LogP contribution is -2.08. The van der Waals surface area contributed by atoms with Crippen LogP contribution in [-0.2, 0) is 19.4 Å². The lowest BCUT2D eigenvalue weighted by atomic mass is 10.0. The second kappa shape index (κ2) is 8.32. The minimum absolute atomic E-state index is 0.522. The van der Waals surface area contributed by atoms with Gasteiger partial charge in [-0.05, 0) is 54.3 Å². The first-order valence-corrected chi connectivity index (χ1v) is 11.0. The summed E-state index contributed by atoms with van der Waals surface area (Å²) >= 11 is 0. The summed E-state index contributed by atoms with van der Waals surface area (Å²) in [5.41, 5.74) is 6.70. The summed E-state index contributed by atoms with van der Waals surface area (Å²) in [5.74, 6) is 2.42. The highest BCUT2D eigenvalue weighted by Crippen LogP contribution is 2.34. The zero-order valence-corrected chi connectivity index (χ0v) is 18.3. The zero-order chi connectivity index (χ0) is 22.1. The Balaban J connectivity index is 1.61. The summed E-state index contributed by atoms with van der Waals surface area (Å²) in [7, 11) is 0. The number of para-hydroxylation sites is 3. The third kappa shape index (κ3) is 3.54. The van der Waals surface area contributed by atoms with Gasteiger partial charge in [-0.3, -0.25) is 4.98 Å². The molecular formula is C27H24N4O. The topological polar surface area (TPSA) is 63.7 Å². The van der Waals surface area contributed by atoms with Crippen molar-refractivity contribution in [3.8, 4) is 11.8 Å². The van der Waals surface area contributed by atoms with Crippen LogP contribution < -0.4 is 4.74 Å². The molecule has 0 saturated carbocycles. The van der Waals surface area contributed by atoms with Crippen molar-refractivity contribution in [2.24, 2.45) is 0 Å². The van der Waals surface area contributed by atoms with Gasteiger partial charge in [0.25, 0.3) is 0 Å². The van der Waals surface area contributed by atoms with E-state index >= 15 is 0 Å². The van der Waals surface area contributed by atoms with Crippen LogP contribution in [0.4, 0.5) is 0 Å². The number of aromatic nitrogens is 3. The van der Waals surface area contributed by atoms with Crippen LogP contribution in [0.3, 0.4) is 0 Å². The molecule has 3 heterocycles. The molecular weight excluding hydrogens is 396 g/mol. The number of allylic oxidation sites excluding steroid dienone is 1. The Labute approximate surface area is 187 Å². The van der Waals surface area contributed by atoms with Crippen molar-refractivity contribution in [2.75, 3.05) is 0 Å². The second-order valence-corrected chi connectivity index (χ2v) is 8.16. The van der Waals surface area contributed by atoms with E-state index in [1.165, 1.54) is 0 Å². The molecule has 0 unspecified atom stereocenters. The van der Waals surface area contributed by atoms with Gasteiger partial charge in [0.2, 0.25) is 0 Å². The van der Waals surface area contributed by atoms with Crippen molar-refractivity contribution in [1.82, 2.24) is 14.5 Å². The summed E-state index contributed by atoms with van der Waals surface area (Å²) in [4.78, 5) is 9.64. The average molecular weight is 421 g/mol. The fourth-order valence-electron chi connectivity index (χ4n) is 4.30. The van der Waals surface area contributed by atoms with Gasteiger partial charge in [0.15, 0.2) is 5.76 Å². The Bertz CT molecular complexity index is 1390. The molecule has 5 nitrogen and oxygen atoms in total. The molecule has 5 heteroatoms. The highest BCUT2D eigenvalue weighted by molar-refractivity contribution is 5.76. The quantitative estimate of drug-likeness (QED) is 0.399. The molecule has 0 saturated heterocycles. The SMILES string of the molecule is CCCc1nc2ccccc2n1Cc1cnc2c(c1)Cc1ccccc1OC2=C(C)C#N. The van der Waals surface area contributed by atoms with Crippen LogP contribution in [0.5, 0.6) is 5.75 Å². The number of aryl methyl sites for hydroxylation is 1. The van der Waals surface area contributed by atoms with Gasteiger partial charge >= 0.3 is 0 Å². The number of ether oxygens (including phenoxy) is 1. The van der Waals surface area contributed by atoms with Crippen molar-refractivity contribution in [3.63, 3.8) is 0 Å². The van der Waals surface area contributed by atoms with E-state index in [1.807, 2.05) is 30.5 Å². The van der Waals surface area contributed by atoms with E-state index in [2.05, 4.69) is 47.9 Å². The molecule has 0 radical (unpaired) electrons. The van der Waals surface area contributed by atoms with Crippen LogP contribution in [-0.4, -0.2) is 14.5 Å². The number of benzene rings is 2. The third-order valence-corrected chi connectivity index (χ3v) is 5.86. The maximum atomic E-state index is 9.53. The van der Waals surface area contributed by atoms with E-state index in [0.29, 0.717) is 24.3 Å². The number of hydrogen-bond donors (Lipinski definition) is 0. The standard InChI is InChI=1S/C27H24N4O/c1-3-8-25-30-22-10-5-6-11-23(22)31(25)17-19-13-21-14-20-9-4-7-12-24(20)32-27(18(2)15-28)26(21)29-16-19/h4-7,9-13,16H,3,8,14,17H2,1-2H3. The van der Waals surface area contributed by atoms with Gasteiger partial charge in [-0.15, -0.1) is 0 Å². The summed E-state index contributed by atoms with van der Waals surface area (Å²) in [6.07, 6.45) is 4.58. The van der Waals surface area contributed by atoms with Gasteiger partial charge in [0, 0.05) is 19.0 Å². The van der Waals surface area contributed by atoms with Crippen LogP contribution in [0.25, 0.3) is 16.8 Å². The molecule has 5 rings (SSSR count). The monoisotopic (exact) mass is 420 g/mol. The molecule has 2 aromatic heterocycles. The first-order valence-electron chi connectivity index (χ1n) is 11.0. The van der Waals surface area contributed by atoms with Crippen LogP contribution in [0.15, 0.2) is 66.4 Å². The molecule has 0 bridgehead atoms. The Morgan fingerprint density at radius 3 is 2.78 bits per heavy atom. The third-order valence-electron chi connectivity index (χ3n) is 5.86. The van der Waals surface area contributed by atoms with E-state index in [0.717, 1.165) is 57.8 Å². The molecule has 0 N–H and O–H groups in total. The predicted molar refractivity (Wildman–Crippen MR) is 125 cm³/mol. The second-order valence-electron chi connectivity index (χ2n) is 8.16. The lowest BCUT2D eigenvalue weighted by molar-refractivity contribution is 0.508. The highest BCUT2D eigenvalue weighted by atomic mass is 16.5. The first-order chi connectivity index (χ1) is 15.7. The van der Waals surface area contributed by atoms with Crippen LogP contribution in [0.2, 0.25) is 0 Å². The maximum Gasteiger partial charge on any atom is 0.166 e. The zero-order valence-electron chi connectivity index (χ0n) is 18.3. The van der Waals surface area contributed by atoms with E-state index < -0.39 is 0 Å². The molecule has 0 atom stereocenters. The summed E-state index contributed by atoms with van der Waals surface area (Å²) in [6, 6.07) is 20.7. The minimum atomic E-state index is 0.522. The van der Waals surface area contributed by atoms with E-state index in [4.69, 9.17) is 14.7 Å². The predicted octanol–water partition coefficient (Wildman–Crippen LogP) is 5.67. The molecule has 1 aliphatic heterocycles. The lowest BCUT2D eigenvalue weighted by Gasteiger charge is -2.13. The number of hydrogen-bond acceptors (Lipinski definition) is 4. The minimum Gasteiger partial charge on any atom is -0.454 e. The number of fused-ring (bicyclic) bond motifs is 3. The summed E-state index contributed by atoms with van der Waals surface area (Å²) < 4.78 is 8.46. The smallest absolute Gasteiger partial charge is 0.166 e. The van der Waals surface area contributed by atoms with E-state index in [1.54, 1.807) is 6.92 Å². The van der Waals surface area contributed by atoms with Gasteiger partial charge in [-0.2, -0.15) is 5.26 Å². The number of nitriles is 1. The van der Waals surface area contributed by atoms with Gasteiger partial charge in [-0.1, -0.05) is 37.3 Å². The van der Waals surface area contributed by atoms with Crippen molar-refractivity contribution >= 4 is 16.8 Å². The molecule has 4 aromatic rings. The van der Waals surface area contributed by atoms with Crippen LogP contribution in [0, 0.1) is 11.3 Å². The molecule has 0 amide bonds. The fourth-order valence-corrected chi connectivity index (χ4v) is 4.30. The normalized spacial score (nSPS) is 14.2. The van der Waals surface area contributed by atoms with Gasteiger partial charge in [-0.25, -0.2) is 4.98 Å². The average Bonchev–Trinajstić information content (AvgIpc) is 3.06. The van der Waals surface area contributed by atoms with E-state index in [9.17, 15) is 5.26 Å². The number of pyridine rings is 1. The molecule has 32 heavy (non-hydrogen) atoms. The molecule has 0 spiro atoms. The molecule has 0 aliphatic carbocycles. The van der Waals surface area contributed by atoms with Crippen molar-refractivity contribution in [1.29, 1.82) is 5.26 Å². The fraction of sp³-hybridized carbons (Fsp3) is 0.222. The van der Waals surface area contributed by atoms with Gasteiger partial charge in [0.05, 0.1) is 29.2 Å². The molecule has 0 fully saturated rings. The number of imidazole rings is 1. The molecule has 2 aromatic carbocycles. The van der Waals surface area contributed by atoms with Crippen molar-refractivity contribution < 1.29 is 4.74 Å². The Morgan fingerprint density at radius 1 is 1.12 bits per heavy atom. The Hall–Kier alpha value is -3.91. The molecule has 1 aliphatic rings. The Morgan fingerprint density at radius 2 is 1.94 bits per heavy atom. The highest BCUT2D eigenvalue weighted by Gasteiger charge is 2.22. The summed E-state index contributed by atoms with van der Waals surface area (Å²) in [6.45, 7) is 4.66. The summed E-state index contributed by atoms with van der Waals surface area (Å²) in [5, 5.41) is 9.53. The maximum absolute atomic E-state index is 9.53. The number of nitrogens with zero attached hydrogens (tertiary/aromatic N) is 4. The van der Waals surface area contributed by atoms with Gasteiger partial charge < -0.3 is 9.30 Å². The number of rotatable bonds is 4. The Kier molecular flexibility index (Phi) is 5.20. The largest absolute Gasteiger partial charge is 0.454 e. The van der Waals surface area contributed by atoms with Crippen LogP contribution in [0.1, 0.15) is 48.5 Å². The van der Waals surface area contributed by atoms with Gasteiger partial charge in [0.1, 0.15) is 17.3 Å². The first kappa shape index (κ1) is 20.0. The van der Waals surface area contributed by atoms with Crippen molar-refractivity contribution in [3.05, 3.63) is 94.6 Å². The van der Waals surface area contributed by atoms with Crippen molar-refractivity contribution in [2.45, 2.75) is 39.7 Å².